The van der Waals surface area contributed by atoms with Gasteiger partial charge in [-0.05, 0) is 44.1 Å². The van der Waals surface area contributed by atoms with Crippen LogP contribution in [0.2, 0.25) is 0 Å². The number of rotatable bonds is 25. The number of aliphatic carboxylic acids is 3. The number of amides is 6. The van der Waals surface area contributed by atoms with Gasteiger partial charge in [-0.3, -0.25) is 38.4 Å². The molecular weight excluding hydrogens is 698 g/mol. The Morgan fingerprint density at radius 1 is 0.627 bits per heavy atom. The van der Waals surface area contributed by atoms with Crippen LogP contribution in [-0.4, -0.2) is 135 Å². The first kappa shape index (κ1) is 46.5. The van der Waals surface area contributed by atoms with Gasteiger partial charge in [0.2, 0.25) is 29.5 Å². The third kappa shape index (κ3) is 17.8. The maximum absolute atomic E-state index is 13.3. The fraction of sp³-hybridized carbons (Fsp3) is 0.700. The van der Waals surface area contributed by atoms with Crippen molar-refractivity contribution in [1.82, 2.24) is 31.9 Å². The molecule has 0 spiro atoms. The van der Waals surface area contributed by atoms with Gasteiger partial charge in [-0.15, -0.1) is 0 Å². The number of quaternary nitrogens is 1. The van der Waals surface area contributed by atoms with E-state index in [1.807, 2.05) is 5.32 Å². The average molecular weight is 751 g/mol. The first-order valence-electron chi connectivity index (χ1n) is 16.2. The van der Waals surface area contributed by atoms with Crippen molar-refractivity contribution in [3.05, 3.63) is 0 Å². The van der Waals surface area contributed by atoms with Crippen molar-refractivity contribution in [2.75, 3.05) is 18.6 Å². The summed E-state index contributed by atoms with van der Waals surface area (Å²) in [5.41, 5.74) is 3.51. The summed E-state index contributed by atoms with van der Waals surface area (Å²) in [5.74, 6) is -9.78. The summed E-state index contributed by atoms with van der Waals surface area (Å²) in [6.45, 7) is 5.50. The molecule has 0 aromatic rings. The highest BCUT2D eigenvalue weighted by Gasteiger charge is 2.34. The minimum Gasteiger partial charge on any atom is -0.481 e. The Morgan fingerprint density at radius 3 is 1.61 bits per heavy atom. The van der Waals surface area contributed by atoms with Crippen LogP contribution in [0.3, 0.4) is 0 Å². The Labute approximate surface area is 299 Å². The predicted octanol–water partition coefficient (Wildman–Crippen LogP) is -3.85. The SMILES string of the molecule is CCC[C@H](NC(=O)[C@@H]([NH3+])CO)C(=O)N[C@@H](CCSC)C(=O)N[C@@H](C)C(=O)N[C@@H](CCC(=O)O)C(=O)N[C@H](C(=O)N[C@@H](CC(=O)O)C(=O)O)C(C)C. The maximum Gasteiger partial charge on any atom is 0.326 e. The topological polar surface area (TPSA) is 334 Å². The molecule has 290 valence electrons. The van der Waals surface area contributed by atoms with Crippen molar-refractivity contribution in [2.45, 2.75) is 109 Å². The van der Waals surface area contributed by atoms with E-state index < -0.39 is 127 Å². The number of hydrogen-bond acceptors (Lipinski definition) is 11. The number of thioether (sulfide) groups is 1. The molecular formula is C30H52N7O13S+. The van der Waals surface area contributed by atoms with E-state index in [2.05, 4.69) is 32.3 Å². The van der Waals surface area contributed by atoms with Crippen molar-refractivity contribution < 1.29 is 69.3 Å². The molecule has 0 aliphatic rings. The van der Waals surface area contributed by atoms with Crippen LogP contribution >= 0.6 is 11.8 Å². The standard InChI is InChI=1S/C30H51N7O13S/c1-6-7-17(34-25(44)16(31)13-38)27(46)35-19(10-11-51-5)26(45)32-15(4)24(43)33-18(8-9-21(39)40)28(47)37-23(14(2)3)29(48)36-20(30(49)50)12-22(41)42/h14-20,23,38H,6-13,31H2,1-5H3,(H,32,45)(H,33,43)(H,34,44)(H,35,46)(H,36,48)(H,37,47)(H,39,40)(H,41,42)(H,49,50)/p+1/t15-,16-,17-,18-,19-,20-,23-/m0/s1. The highest BCUT2D eigenvalue weighted by molar-refractivity contribution is 7.98. The molecule has 0 unspecified atom stereocenters. The summed E-state index contributed by atoms with van der Waals surface area (Å²) in [6.07, 6.45) is 0.622. The van der Waals surface area contributed by atoms with Gasteiger partial charge in [0.15, 0.2) is 6.04 Å². The van der Waals surface area contributed by atoms with E-state index in [1.54, 1.807) is 13.2 Å². The average Bonchev–Trinajstić information content (AvgIpc) is 3.05. The van der Waals surface area contributed by atoms with E-state index in [0.717, 1.165) is 0 Å². The lowest BCUT2D eigenvalue weighted by atomic mass is 10.0. The lowest BCUT2D eigenvalue weighted by Gasteiger charge is -2.27. The molecule has 0 saturated heterocycles. The van der Waals surface area contributed by atoms with Crippen LogP contribution in [0, 0.1) is 5.92 Å². The minimum atomic E-state index is -1.81. The lowest BCUT2D eigenvalue weighted by molar-refractivity contribution is -0.409. The van der Waals surface area contributed by atoms with Gasteiger partial charge in [-0.25, -0.2) is 4.79 Å². The summed E-state index contributed by atoms with van der Waals surface area (Å²) in [5, 5.41) is 50.9. The van der Waals surface area contributed by atoms with E-state index in [0.29, 0.717) is 12.2 Å². The summed E-state index contributed by atoms with van der Waals surface area (Å²) >= 11 is 1.38. The highest BCUT2D eigenvalue weighted by atomic mass is 32.2. The molecule has 0 radical (unpaired) electrons. The van der Waals surface area contributed by atoms with E-state index >= 15 is 0 Å². The van der Waals surface area contributed by atoms with Crippen molar-refractivity contribution in [3.63, 3.8) is 0 Å². The number of carboxylic acids is 3. The maximum atomic E-state index is 13.3. The number of aliphatic hydroxyl groups excluding tert-OH is 1. The van der Waals surface area contributed by atoms with Gasteiger partial charge in [0.1, 0.15) is 42.9 Å². The zero-order valence-corrected chi connectivity index (χ0v) is 30.2. The van der Waals surface area contributed by atoms with Gasteiger partial charge in [0.05, 0.1) is 6.42 Å². The highest BCUT2D eigenvalue weighted by Crippen LogP contribution is 2.08. The molecule has 0 bridgehead atoms. The number of aliphatic hydroxyl groups is 1. The van der Waals surface area contributed by atoms with Crippen molar-refractivity contribution in [1.29, 1.82) is 0 Å². The molecule has 13 N–H and O–H groups in total. The lowest BCUT2D eigenvalue weighted by Crippen LogP contribution is -2.70. The third-order valence-electron chi connectivity index (χ3n) is 7.32. The van der Waals surface area contributed by atoms with E-state index in [4.69, 9.17) is 5.11 Å². The quantitative estimate of drug-likeness (QED) is 0.0426. The molecule has 20 nitrogen and oxygen atoms in total. The Kier molecular flexibility index (Phi) is 21.7. The molecule has 0 aliphatic heterocycles. The van der Waals surface area contributed by atoms with E-state index in [-0.39, 0.29) is 12.8 Å². The van der Waals surface area contributed by atoms with Crippen LogP contribution in [0.4, 0.5) is 0 Å². The minimum absolute atomic E-state index is 0.131. The molecule has 51 heavy (non-hydrogen) atoms. The van der Waals surface area contributed by atoms with Crippen LogP contribution in [0.15, 0.2) is 0 Å². The molecule has 0 rings (SSSR count). The zero-order valence-electron chi connectivity index (χ0n) is 29.4. The van der Waals surface area contributed by atoms with Gasteiger partial charge in [-0.1, -0.05) is 27.2 Å². The second-order valence-electron chi connectivity index (χ2n) is 12.0. The van der Waals surface area contributed by atoms with Crippen molar-refractivity contribution >= 4 is 65.1 Å². The van der Waals surface area contributed by atoms with Crippen molar-refractivity contribution in [3.8, 4) is 0 Å². The molecule has 0 aromatic carbocycles. The summed E-state index contributed by atoms with van der Waals surface area (Å²) in [6, 6.07) is -9.32. The first-order chi connectivity index (χ1) is 23.8. The molecule has 0 saturated carbocycles. The molecule has 0 aliphatic carbocycles. The predicted molar refractivity (Wildman–Crippen MR) is 181 cm³/mol. The Morgan fingerprint density at radius 2 is 1.12 bits per heavy atom. The number of carboxylic acid groups (broad SMARTS) is 3. The molecule has 0 heterocycles. The zero-order chi connectivity index (χ0) is 39.4. The van der Waals surface area contributed by atoms with Gasteiger partial charge >= 0.3 is 17.9 Å². The summed E-state index contributed by atoms with van der Waals surface area (Å²) in [4.78, 5) is 112. The molecule has 7 atom stereocenters. The number of nitrogens with one attached hydrogen (secondary N) is 6. The third-order valence-corrected chi connectivity index (χ3v) is 7.96. The van der Waals surface area contributed by atoms with Gasteiger partial charge in [0, 0.05) is 6.42 Å². The Bertz CT molecular complexity index is 1250. The second kappa shape index (κ2) is 23.8. The first-order valence-corrected chi connectivity index (χ1v) is 17.6. The van der Waals surface area contributed by atoms with Crippen LogP contribution in [0.25, 0.3) is 0 Å². The van der Waals surface area contributed by atoms with Crippen LogP contribution < -0.4 is 37.6 Å². The van der Waals surface area contributed by atoms with E-state index in [9.17, 15) is 58.5 Å². The van der Waals surface area contributed by atoms with E-state index in [1.165, 1.54) is 32.5 Å². The fourth-order valence-corrected chi connectivity index (χ4v) is 4.82. The molecule has 0 fully saturated rings. The summed E-state index contributed by atoms with van der Waals surface area (Å²) in [7, 11) is 0. The molecule has 21 heteroatoms. The van der Waals surface area contributed by atoms with Crippen LogP contribution in [0.5, 0.6) is 0 Å². The molecule has 0 aromatic heterocycles. The Hall–Kier alpha value is -4.50. The van der Waals surface area contributed by atoms with Gasteiger partial charge in [0.25, 0.3) is 5.91 Å². The van der Waals surface area contributed by atoms with Crippen molar-refractivity contribution in [2.24, 2.45) is 5.92 Å². The Balaban J connectivity index is 5.90. The number of carbonyl (C=O) groups is 9. The normalized spacial score (nSPS) is 15.1. The second-order valence-corrected chi connectivity index (χ2v) is 13.0. The van der Waals surface area contributed by atoms with Crippen LogP contribution in [-0.2, 0) is 43.2 Å². The smallest absolute Gasteiger partial charge is 0.326 e. The molecule has 6 amide bonds. The van der Waals surface area contributed by atoms with Gasteiger partial charge in [-0.2, -0.15) is 11.8 Å². The number of carbonyl (C=O) groups excluding carboxylic acids is 6. The monoisotopic (exact) mass is 750 g/mol. The fourth-order valence-electron chi connectivity index (χ4n) is 4.34. The van der Waals surface area contributed by atoms with Gasteiger partial charge < -0.3 is 58.1 Å². The number of hydrogen-bond donors (Lipinski definition) is 11. The largest absolute Gasteiger partial charge is 0.481 e. The summed E-state index contributed by atoms with van der Waals surface area (Å²) < 4.78 is 0. The van der Waals surface area contributed by atoms with Crippen LogP contribution in [0.1, 0.15) is 66.2 Å².